The smallest absolute Gasteiger partial charge is 0.208 e. The third-order valence-electron chi connectivity index (χ3n) is 13.5. The Morgan fingerprint density at radius 1 is 0.650 bits per heavy atom. The van der Waals surface area contributed by atoms with Crippen LogP contribution in [-0.2, 0) is 38.8 Å². The molecule has 492 valence electrons. The summed E-state index contributed by atoms with van der Waals surface area (Å²) in [5.74, 6) is 5.24. The number of thioether (sulfide) groups is 2. The highest BCUT2D eigenvalue weighted by Gasteiger charge is 2.25. The van der Waals surface area contributed by atoms with E-state index in [0.29, 0.717) is 42.8 Å². The van der Waals surface area contributed by atoms with E-state index in [4.69, 9.17) is 24.7 Å². The molecule has 18 nitrogen and oxygen atoms in total. The number of hydrogen-bond donors (Lipinski definition) is 8. The van der Waals surface area contributed by atoms with Crippen LogP contribution in [0.1, 0.15) is 124 Å². The zero-order valence-electron chi connectivity index (χ0n) is 54.6. The van der Waals surface area contributed by atoms with Crippen molar-refractivity contribution < 1.29 is 35.8 Å². The summed E-state index contributed by atoms with van der Waals surface area (Å²) in [5, 5.41) is 19.2. The molecular formula is C56H132BrClN10O8S4. The van der Waals surface area contributed by atoms with Gasteiger partial charge in [-0.1, -0.05) is 43.1 Å². The van der Waals surface area contributed by atoms with Gasteiger partial charge in [0.2, 0.25) is 10.0 Å². The van der Waals surface area contributed by atoms with Gasteiger partial charge in [-0.25, -0.2) is 21.6 Å². The van der Waals surface area contributed by atoms with Crippen LogP contribution in [0, 0.1) is 0 Å². The standard InChI is InChI=1S/C8H18N2O.C8H18N2.C7H16N2O2S.C7H17NO.C6H13NO2S.C6H13NS.C5H13N.C5H12O2.C2H6S.CH3Br.CH3Cl/c1-11-7-6-10-4-2-8(9)3-5-10;1-9-7-3-5-8(10-2)6-4-7;1-8-6-3-4-7(5-6)9-12(2,10)11;1-4-8(5-2)6-7-9-3;1-7-6-2-4-10(8,9)5-3-6;1-7-6-2-4-8-5-3-6;1-3-4-5-6-2;1-3-7-5-4-6-2;1-3-2;2*1-2/h8H,2-7,9H2,1H3;7-10H,3-6H2,1-2H3;6-9H,3-5H2,1-2H3;4-7H2,1-3H3;6-7H,2-5H2,1H3;6-7H,2-5H2,1H3;6H,3-5H2,1-2H3;3-5H2,1-2H3;1-2H3;2*1H3. The van der Waals surface area contributed by atoms with E-state index in [1.54, 1.807) is 33.1 Å². The fourth-order valence-corrected chi connectivity index (χ4v) is 11.7. The molecule has 3 saturated heterocycles. The Bertz CT molecular complexity index is 1350. The van der Waals surface area contributed by atoms with Crippen LogP contribution in [0.15, 0.2) is 0 Å². The molecule has 5 rings (SSSR count). The normalized spacial score (nSPS) is 20.7. The lowest BCUT2D eigenvalue weighted by molar-refractivity contribution is 0.0777. The first-order valence-corrected chi connectivity index (χ1v) is 38.4. The van der Waals surface area contributed by atoms with E-state index in [2.05, 4.69) is 128 Å². The predicted octanol–water partition coefficient (Wildman–Crippen LogP) is 6.85. The maximum Gasteiger partial charge on any atom is 0.208 e. The topological polar surface area (TPSA) is 222 Å². The first-order valence-electron chi connectivity index (χ1n) is 29.5. The number of sulfone groups is 1. The summed E-state index contributed by atoms with van der Waals surface area (Å²) in [6, 6.07) is 3.85. The van der Waals surface area contributed by atoms with Crippen LogP contribution in [0.4, 0.5) is 0 Å². The van der Waals surface area contributed by atoms with Gasteiger partial charge in [0.15, 0.2) is 0 Å². The van der Waals surface area contributed by atoms with Gasteiger partial charge in [-0.15, -0.1) is 11.6 Å². The predicted molar refractivity (Wildman–Crippen MR) is 361 cm³/mol. The van der Waals surface area contributed by atoms with Crippen molar-refractivity contribution in [1.29, 1.82) is 0 Å². The van der Waals surface area contributed by atoms with E-state index in [1.165, 1.54) is 75.5 Å². The molecule has 0 bridgehead atoms. The van der Waals surface area contributed by atoms with Crippen LogP contribution in [0.25, 0.3) is 0 Å². The molecule has 0 amide bonds. The van der Waals surface area contributed by atoms with Crippen LogP contribution in [0.2, 0.25) is 0 Å². The first-order chi connectivity index (χ1) is 38.4. The molecule has 24 heteroatoms. The van der Waals surface area contributed by atoms with E-state index in [1.807, 2.05) is 46.4 Å². The summed E-state index contributed by atoms with van der Waals surface area (Å²) >= 11 is 11.4. The van der Waals surface area contributed by atoms with E-state index in [9.17, 15) is 16.8 Å². The summed E-state index contributed by atoms with van der Waals surface area (Å²) in [4.78, 5) is 4.75. The number of nitrogens with zero attached hydrogens (tertiary/aromatic N) is 2. The summed E-state index contributed by atoms with van der Waals surface area (Å²) in [6.07, 6.45) is 24.2. The van der Waals surface area contributed by atoms with Crippen molar-refractivity contribution in [3.05, 3.63) is 0 Å². The SMILES string of the molecule is CBr.CCCCNC.CCN(CC)CCOC.CCOCCOC.CCl.CNC1CCC(NC)CC1.CNC1CCC(NS(C)(=O)=O)C1.CNC1CCS(=O)(=O)CC1.CNC1CCSCC1.COCCN1CCC(N)CC1.CSC. The molecule has 2 aliphatic carbocycles. The second-order valence-electron chi connectivity index (χ2n) is 19.6. The minimum absolute atomic E-state index is 0.137. The summed E-state index contributed by atoms with van der Waals surface area (Å²) in [6.45, 7) is 20.2. The fourth-order valence-electron chi connectivity index (χ4n) is 8.29. The Hall–Kier alpha value is 0.810. The average Bonchev–Trinajstić information content (AvgIpc) is 3.94. The van der Waals surface area contributed by atoms with Gasteiger partial charge in [-0.2, -0.15) is 23.5 Å². The van der Waals surface area contributed by atoms with Gasteiger partial charge in [-0.3, -0.25) is 0 Å². The molecule has 0 radical (unpaired) electrons. The van der Waals surface area contributed by atoms with Crippen LogP contribution in [-0.4, -0.2) is 265 Å². The maximum atomic E-state index is 10.9. The second-order valence-corrected chi connectivity index (χ2v) is 25.8. The lowest BCUT2D eigenvalue weighted by Gasteiger charge is -2.29. The molecule has 9 N–H and O–H groups in total. The third kappa shape index (κ3) is 67.9. The number of nitrogens with two attached hydrogens (primary N) is 1. The number of hydrogen-bond acceptors (Lipinski definition) is 19. The Morgan fingerprint density at radius 2 is 1.06 bits per heavy atom. The van der Waals surface area contributed by atoms with Crippen LogP contribution in [0.3, 0.4) is 0 Å². The lowest BCUT2D eigenvalue weighted by atomic mass is 9.91. The number of rotatable bonds is 22. The van der Waals surface area contributed by atoms with Crippen LogP contribution in [0.5, 0.6) is 0 Å². The molecule has 3 heterocycles. The first kappa shape index (κ1) is 92.0. The van der Waals surface area contributed by atoms with E-state index < -0.39 is 19.9 Å². The Kier molecular flexibility index (Phi) is 81.1. The van der Waals surface area contributed by atoms with Crippen molar-refractivity contribution >= 4 is 70.9 Å². The zero-order chi connectivity index (χ0) is 62.3. The number of likely N-dealkylation sites (tertiary alicyclic amines) is 1. The molecule has 5 fully saturated rings. The molecule has 0 aromatic carbocycles. The monoisotopic (exact) mass is 1310 g/mol. The van der Waals surface area contributed by atoms with Crippen molar-refractivity contribution in [2.75, 3.05) is 196 Å². The zero-order valence-corrected chi connectivity index (χ0v) is 60.2. The van der Waals surface area contributed by atoms with Crippen LogP contribution >= 0.6 is 51.1 Å². The van der Waals surface area contributed by atoms with Gasteiger partial charge in [0.1, 0.15) is 9.84 Å². The quantitative estimate of drug-likeness (QED) is 0.0410. The number of likely N-dealkylation sites (N-methyl/N-ethyl adjacent to an activating group) is 1. The van der Waals surface area contributed by atoms with Crippen molar-refractivity contribution in [2.45, 2.75) is 166 Å². The highest BCUT2D eigenvalue weighted by Crippen LogP contribution is 2.20. The number of sulfonamides is 1. The minimum Gasteiger partial charge on any atom is -0.383 e. The van der Waals surface area contributed by atoms with E-state index >= 15 is 0 Å². The van der Waals surface area contributed by atoms with Gasteiger partial charge in [0, 0.05) is 89.7 Å². The number of piperidine rings is 1. The van der Waals surface area contributed by atoms with Crippen molar-refractivity contribution in [3.8, 4) is 0 Å². The van der Waals surface area contributed by atoms with Gasteiger partial charge >= 0.3 is 0 Å². The Labute approximate surface area is 518 Å². The van der Waals surface area contributed by atoms with Crippen molar-refractivity contribution in [1.82, 2.24) is 46.4 Å². The molecule has 3 aliphatic heterocycles. The van der Waals surface area contributed by atoms with E-state index in [-0.39, 0.29) is 6.04 Å². The number of ether oxygens (including phenoxy) is 4. The summed E-state index contributed by atoms with van der Waals surface area (Å²) in [7, 11) is 11.4. The molecule has 2 atom stereocenters. The van der Waals surface area contributed by atoms with Crippen LogP contribution < -0.4 is 42.4 Å². The molecular weight excluding hydrogens is 1180 g/mol. The molecule has 80 heavy (non-hydrogen) atoms. The maximum absolute atomic E-state index is 10.9. The molecule has 0 aromatic heterocycles. The molecule has 2 saturated carbocycles. The minimum atomic E-state index is -3.02. The molecule has 2 unspecified atom stereocenters. The van der Waals surface area contributed by atoms with Gasteiger partial charge in [0.05, 0.1) is 44.2 Å². The number of unbranched alkanes of at least 4 members (excludes halogenated alkanes) is 1. The number of alkyl halides is 2. The van der Waals surface area contributed by atoms with E-state index in [0.717, 1.165) is 129 Å². The largest absolute Gasteiger partial charge is 0.383 e. The number of halogens is 2. The third-order valence-corrected chi connectivity index (χ3v) is 17.0. The summed E-state index contributed by atoms with van der Waals surface area (Å²) < 4.78 is 65.7. The number of methoxy groups -OCH3 is 3. The van der Waals surface area contributed by atoms with Crippen molar-refractivity contribution in [2.24, 2.45) is 5.73 Å². The molecule has 0 spiro atoms. The van der Waals surface area contributed by atoms with Gasteiger partial charge < -0.3 is 66.4 Å². The molecule has 0 aromatic rings. The fraction of sp³-hybridized carbons (Fsp3) is 1.00. The Morgan fingerprint density at radius 3 is 1.40 bits per heavy atom. The highest BCUT2D eigenvalue weighted by atomic mass is 79.9. The second kappa shape index (κ2) is 70.6. The lowest BCUT2D eigenvalue weighted by Crippen LogP contribution is -2.40. The number of nitrogens with one attached hydrogen (secondary N) is 7. The van der Waals surface area contributed by atoms with Gasteiger partial charge in [-0.05, 0) is 202 Å². The van der Waals surface area contributed by atoms with Gasteiger partial charge in [0.25, 0.3) is 0 Å². The Balaban J connectivity index is -0.000000194. The van der Waals surface area contributed by atoms with Crippen molar-refractivity contribution in [3.63, 3.8) is 0 Å². The summed E-state index contributed by atoms with van der Waals surface area (Å²) in [5.41, 5.74) is 5.77. The molecule has 5 aliphatic rings. The highest BCUT2D eigenvalue weighted by molar-refractivity contribution is 9.08. The average molecular weight is 1320 g/mol.